The maximum Gasteiger partial charge on any atom is 0.187 e. The standard InChI is InChI=1S/C26H26N6/c1-19-4-6-21(7-5-19)25-24(20-8-10-23(27-2)11-9-20)16-22(26-28-18-29-32(25)26)17-31-14-12-30(3)13-15-31/h4-11,16,18H,12-15,17H2,1,3H3. The lowest BCUT2D eigenvalue weighted by Crippen LogP contribution is -2.43. The first-order chi connectivity index (χ1) is 15.6. The zero-order valence-electron chi connectivity index (χ0n) is 18.5. The van der Waals surface area contributed by atoms with E-state index in [2.05, 4.69) is 69.0 Å². The highest BCUT2D eigenvalue weighted by Crippen LogP contribution is 2.35. The molecule has 4 aromatic rings. The average molecular weight is 423 g/mol. The number of fused-ring (bicyclic) bond motifs is 1. The molecular formula is C26H26N6. The van der Waals surface area contributed by atoms with Crippen molar-refractivity contribution in [3.63, 3.8) is 0 Å². The van der Waals surface area contributed by atoms with Crippen LogP contribution in [0.3, 0.4) is 0 Å². The monoisotopic (exact) mass is 422 g/mol. The molecule has 0 amide bonds. The minimum Gasteiger partial charge on any atom is -0.304 e. The molecule has 0 N–H and O–H groups in total. The lowest BCUT2D eigenvalue weighted by Gasteiger charge is -2.32. The van der Waals surface area contributed by atoms with E-state index in [1.807, 2.05) is 28.8 Å². The summed E-state index contributed by atoms with van der Waals surface area (Å²) in [6.07, 6.45) is 1.65. The van der Waals surface area contributed by atoms with Crippen molar-refractivity contribution in [3.05, 3.63) is 83.5 Å². The van der Waals surface area contributed by atoms with E-state index in [9.17, 15) is 0 Å². The molecule has 1 fully saturated rings. The number of pyridine rings is 1. The van der Waals surface area contributed by atoms with Gasteiger partial charge in [-0.05, 0) is 25.6 Å². The quantitative estimate of drug-likeness (QED) is 0.448. The number of hydrogen-bond donors (Lipinski definition) is 0. The van der Waals surface area contributed by atoms with Crippen LogP contribution in [-0.4, -0.2) is 57.6 Å². The van der Waals surface area contributed by atoms with E-state index in [0.29, 0.717) is 5.69 Å². The van der Waals surface area contributed by atoms with Crippen LogP contribution in [0.2, 0.25) is 0 Å². The number of nitrogens with zero attached hydrogens (tertiary/aromatic N) is 6. The summed E-state index contributed by atoms with van der Waals surface area (Å²) < 4.78 is 1.98. The van der Waals surface area contributed by atoms with Crippen molar-refractivity contribution in [1.82, 2.24) is 24.4 Å². The van der Waals surface area contributed by atoms with Gasteiger partial charge in [-0.2, -0.15) is 5.10 Å². The van der Waals surface area contributed by atoms with Gasteiger partial charge in [-0.3, -0.25) is 4.90 Å². The van der Waals surface area contributed by atoms with Crippen LogP contribution in [0.15, 0.2) is 60.9 Å². The summed E-state index contributed by atoms with van der Waals surface area (Å²) in [5, 5.41) is 4.63. The number of benzene rings is 2. The Labute approximate surface area is 188 Å². The van der Waals surface area contributed by atoms with Crippen LogP contribution in [0.1, 0.15) is 11.1 Å². The van der Waals surface area contributed by atoms with Crippen LogP contribution in [-0.2, 0) is 6.54 Å². The van der Waals surface area contributed by atoms with Crippen molar-refractivity contribution >= 4 is 11.3 Å². The van der Waals surface area contributed by atoms with Gasteiger partial charge in [0.15, 0.2) is 11.3 Å². The first-order valence-electron chi connectivity index (χ1n) is 10.9. The molecule has 6 nitrogen and oxygen atoms in total. The van der Waals surface area contributed by atoms with Gasteiger partial charge in [0.1, 0.15) is 6.33 Å². The molecule has 160 valence electrons. The second-order valence-electron chi connectivity index (χ2n) is 8.53. The fourth-order valence-corrected chi connectivity index (χ4v) is 4.33. The van der Waals surface area contributed by atoms with Crippen molar-refractivity contribution in [2.24, 2.45) is 0 Å². The number of piperazine rings is 1. The molecule has 2 aromatic carbocycles. The molecule has 3 heterocycles. The summed E-state index contributed by atoms with van der Waals surface area (Å²) >= 11 is 0. The van der Waals surface area contributed by atoms with E-state index in [-0.39, 0.29) is 0 Å². The Hall–Kier alpha value is -3.53. The molecule has 5 rings (SSSR count). The number of aromatic nitrogens is 3. The largest absolute Gasteiger partial charge is 0.304 e. The predicted molar refractivity (Wildman–Crippen MR) is 128 cm³/mol. The summed E-state index contributed by atoms with van der Waals surface area (Å²) in [6, 6.07) is 18.6. The van der Waals surface area contributed by atoms with E-state index >= 15 is 0 Å². The Bertz CT molecular complexity index is 1270. The summed E-state index contributed by atoms with van der Waals surface area (Å²) in [7, 11) is 2.18. The second kappa shape index (κ2) is 8.54. The summed E-state index contributed by atoms with van der Waals surface area (Å²) in [4.78, 5) is 13.0. The maximum absolute atomic E-state index is 7.29. The summed E-state index contributed by atoms with van der Waals surface area (Å²) in [5.41, 5.74) is 8.24. The van der Waals surface area contributed by atoms with Gasteiger partial charge >= 0.3 is 0 Å². The van der Waals surface area contributed by atoms with Gasteiger partial charge < -0.3 is 4.90 Å². The van der Waals surface area contributed by atoms with Crippen molar-refractivity contribution in [2.45, 2.75) is 13.5 Å². The molecule has 0 spiro atoms. The van der Waals surface area contributed by atoms with Gasteiger partial charge in [0.05, 0.1) is 12.3 Å². The molecule has 0 radical (unpaired) electrons. The lowest BCUT2D eigenvalue weighted by atomic mass is 9.96. The van der Waals surface area contributed by atoms with Gasteiger partial charge in [0.25, 0.3) is 0 Å². The average Bonchev–Trinajstić information content (AvgIpc) is 3.31. The summed E-state index contributed by atoms with van der Waals surface area (Å²) in [5.74, 6) is 0. The third-order valence-corrected chi connectivity index (χ3v) is 6.24. The molecule has 0 unspecified atom stereocenters. The smallest absolute Gasteiger partial charge is 0.187 e. The number of rotatable bonds is 4. The molecule has 1 aliphatic heterocycles. The highest BCUT2D eigenvalue weighted by atomic mass is 15.3. The zero-order chi connectivity index (χ0) is 22.1. The fraction of sp³-hybridized carbons (Fsp3) is 0.269. The van der Waals surface area contributed by atoms with E-state index in [4.69, 9.17) is 6.57 Å². The van der Waals surface area contributed by atoms with Crippen LogP contribution < -0.4 is 0 Å². The van der Waals surface area contributed by atoms with Gasteiger partial charge in [-0.1, -0.05) is 54.1 Å². The first-order valence-corrected chi connectivity index (χ1v) is 10.9. The van der Waals surface area contributed by atoms with Crippen molar-refractivity contribution < 1.29 is 0 Å². The fourth-order valence-electron chi connectivity index (χ4n) is 4.33. The van der Waals surface area contributed by atoms with Gasteiger partial charge in [0.2, 0.25) is 0 Å². The van der Waals surface area contributed by atoms with Gasteiger partial charge in [0, 0.05) is 49.4 Å². The van der Waals surface area contributed by atoms with Crippen molar-refractivity contribution in [3.8, 4) is 22.4 Å². The molecule has 32 heavy (non-hydrogen) atoms. The minimum absolute atomic E-state index is 0.644. The third kappa shape index (κ3) is 3.89. The Morgan fingerprint density at radius 3 is 2.31 bits per heavy atom. The van der Waals surface area contributed by atoms with Crippen LogP contribution in [0.4, 0.5) is 5.69 Å². The Kier molecular flexibility index (Phi) is 5.44. The van der Waals surface area contributed by atoms with E-state index in [0.717, 1.165) is 60.8 Å². The number of aryl methyl sites for hydroxylation is 1. The molecule has 2 aromatic heterocycles. The first kappa shape index (κ1) is 20.4. The van der Waals surface area contributed by atoms with Crippen molar-refractivity contribution in [1.29, 1.82) is 0 Å². The van der Waals surface area contributed by atoms with Crippen molar-refractivity contribution in [2.75, 3.05) is 33.2 Å². The maximum atomic E-state index is 7.29. The van der Waals surface area contributed by atoms with Crippen LogP contribution in [0, 0.1) is 13.5 Å². The second-order valence-corrected chi connectivity index (χ2v) is 8.53. The lowest BCUT2D eigenvalue weighted by molar-refractivity contribution is 0.148. The Morgan fingerprint density at radius 2 is 1.62 bits per heavy atom. The number of likely N-dealkylation sites (N-methyl/N-ethyl adjacent to an activating group) is 1. The third-order valence-electron chi connectivity index (χ3n) is 6.24. The van der Waals surface area contributed by atoms with Crippen LogP contribution in [0.5, 0.6) is 0 Å². The van der Waals surface area contributed by atoms with Gasteiger partial charge in [-0.15, -0.1) is 0 Å². The molecule has 0 aliphatic carbocycles. The zero-order valence-corrected chi connectivity index (χ0v) is 18.5. The molecule has 6 heteroatoms. The molecule has 1 aliphatic rings. The van der Waals surface area contributed by atoms with E-state index in [1.165, 1.54) is 11.1 Å². The van der Waals surface area contributed by atoms with Crippen LogP contribution >= 0.6 is 0 Å². The highest BCUT2D eigenvalue weighted by Gasteiger charge is 2.20. The molecule has 0 bridgehead atoms. The highest BCUT2D eigenvalue weighted by molar-refractivity contribution is 5.84. The Balaban J connectivity index is 1.67. The van der Waals surface area contributed by atoms with E-state index in [1.54, 1.807) is 6.33 Å². The predicted octanol–water partition coefficient (Wildman–Crippen LogP) is 4.67. The molecule has 0 atom stereocenters. The molecular weight excluding hydrogens is 396 g/mol. The SMILES string of the molecule is [C-]#[N+]c1ccc(-c2cc(CN3CCN(C)CC3)c3ncnn3c2-c2ccc(C)cc2)cc1. The Morgan fingerprint density at radius 1 is 0.938 bits per heavy atom. The van der Waals surface area contributed by atoms with Gasteiger partial charge in [-0.25, -0.2) is 14.3 Å². The topological polar surface area (TPSA) is 41.0 Å². The van der Waals surface area contributed by atoms with E-state index < -0.39 is 0 Å². The number of hydrogen-bond acceptors (Lipinski definition) is 4. The molecule has 0 saturated carbocycles. The summed E-state index contributed by atoms with van der Waals surface area (Å²) in [6.45, 7) is 14.5. The minimum atomic E-state index is 0.644. The normalized spacial score (nSPS) is 15.2. The molecule has 1 saturated heterocycles. The van der Waals surface area contributed by atoms with Crippen LogP contribution in [0.25, 0.3) is 32.9 Å².